The molecule has 0 fully saturated rings. The molecule has 0 saturated heterocycles. The Morgan fingerprint density at radius 1 is 1.38 bits per heavy atom. The molecule has 0 aliphatic carbocycles. The van der Waals surface area contributed by atoms with Gasteiger partial charge in [0.15, 0.2) is 17.5 Å². The van der Waals surface area contributed by atoms with E-state index >= 15 is 0 Å². The van der Waals surface area contributed by atoms with Crippen LogP contribution in [0.3, 0.4) is 0 Å². The first-order valence-corrected chi connectivity index (χ1v) is 4.62. The van der Waals surface area contributed by atoms with E-state index < -0.39 is 22.9 Å². The number of hydrogen-bond acceptors (Lipinski definition) is 1. The van der Waals surface area contributed by atoms with E-state index in [1.165, 1.54) is 13.0 Å². The van der Waals surface area contributed by atoms with Crippen LogP contribution in [0.15, 0.2) is 24.8 Å². The second-order valence-electron chi connectivity index (χ2n) is 3.66. The van der Waals surface area contributed by atoms with Crippen molar-refractivity contribution in [3.8, 4) is 6.07 Å². The number of benzene rings is 1. The van der Waals surface area contributed by atoms with Crippen molar-refractivity contribution in [2.75, 3.05) is 0 Å². The van der Waals surface area contributed by atoms with Crippen molar-refractivity contribution in [3.05, 3.63) is 47.8 Å². The van der Waals surface area contributed by atoms with Gasteiger partial charge in [-0.3, -0.25) is 0 Å². The molecule has 1 atom stereocenters. The zero-order valence-corrected chi connectivity index (χ0v) is 8.73. The first-order valence-electron chi connectivity index (χ1n) is 4.62. The van der Waals surface area contributed by atoms with Crippen LogP contribution in [0.25, 0.3) is 0 Å². The van der Waals surface area contributed by atoms with E-state index in [0.29, 0.717) is 0 Å². The van der Waals surface area contributed by atoms with Gasteiger partial charge in [-0.15, -0.1) is 6.58 Å². The highest BCUT2D eigenvalue weighted by Gasteiger charge is 2.30. The van der Waals surface area contributed by atoms with Crippen LogP contribution in [0.2, 0.25) is 0 Å². The van der Waals surface area contributed by atoms with Crippen LogP contribution in [0, 0.1) is 28.8 Å². The zero-order valence-electron chi connectivity index (χ0n) is 8.73. The fourth-order valence-electron chi connectivity index (χ4n) is 1.46. The van der Waals surface area contributed by atoms with Crippen molar-refractivity contribution in [1.29, 1.82) is 5.26 Å². The Labute approximate surface area is 91.8 Å². The Balaban J connectivity index is 3.39. The van der Waals surface area contributed by atoms with Gasteiger partial charge in [-0.05, 0) is 19.4 Å². The average molecular weight is 225 g/mol. The van der Waals surface area contributed by atoms with Crippen LogP contribution in [-0.4, -0.2) is 0 Å². The highest BCUT2D eigenvalue weighted by molar-refractivity contribution is 5.34. The number of hydrogen-bond donors (Lipinski definition) is 0. The molecule has 0 bridgehead atoms. The van der Waals surface area contributed by atoms with Crippen molar-refractivity contribution < 1.29 is 13.2 Å². The topological polar surface area (TPSA) is 23.8 Å². The van der Waals surface area contributed by atoms with Gasteiger partial charge >= 0.3 is 0 Å². The van der Waals surface area contributed by atoms with E-state index in [4.69, 9.17) is 5.26 Å². The molecule has 0 saturated carbocycles. The molecule has 0 radical (unpaired) electrons. The monoisotopic (exact) mass is 225 g/mol. The third kappa shape index (κ3) is 1.94. The lowest BCUT2D eigenvalue weighted by molar-refractivity contribution is 0.427. The summed E-state index contributed by atoms with van der Waals surface area (Å²) in [5.41, 5.74) is -1.39. The predicted octanol–water partition coefficient (Wildman–Crippen LogP) is 3.46. The maximum atomic E-state index is 13.5. The van der Waals surface area contributed by atoms with Crippen LogP contribution >= 0.6 is 0 Å². The molecule has 1 rings (SSSR count). The average Bonchev–Trinajstić information content (AvgIpc) is 2.26. The van der Waals surface area contributed by atoms with Gasteiger partial charge in [0, 0.05) is 5.56 Å². The molecule has 0 N–H and O–H groups in total. The molecule has 1 unspecified atom stereocenters. The van der Waals surface area contributed by atoms with Crippen LogP contribution in [0.5, 0.6) is 0 Å². The summed E-state index contributed by atoms with van der Waals surface area (Å²) in [5.74, 6) is -4.13. The highest BCUT2D eigenvalue weighted by atomic mass is 19.2. The summed E-state index contributed by atoms with van der Waals surface area (Å²) in [6.07, 6.45) is 1.59. The lowest BCUT2D eigenvalue weighted by atomic mass is 9.80. The van der Waals surface area contributed by atoms with Gasteiger partial charge in [-0.25, -0.2) is 13.2 Å². The SMILES string of the molecule is C=CCC(C)(C#N)c1ccc(F)c(F)c1F. The fourth-order valence-corrected chi connectivity index (χ4v) is 1.46. The number of rotatable bonds is 3. The molecule has 0 aliphatic rings. The predicted molar refractivity (Wildman–Crippen MR) is 54.1 cm³/mol. The molecule has 0 heterocycles. The van der Waals surface area contributed by atoms with E-state index in [-0.39, 0.29) is 12.0 Å². The second kappa shape index (κ2) is 4.40. The molecule has 0 aliphatic heterocycles. The smallest absolute Gasteiger partial charge is 0.194 e. The lowest BCUT2D eigenvalue weighted by Gasteiger charge is -2.20. The van der Waals surface area contributed by atoms with Crippen molar-refractivity contribution >= 4 is 0 Å². The maximum absolute atomic E-state index is 13.5. The first kappa shape index (κ1) is 12.3. The summed E-state index contributed by atoms with van der Waals surface area (Å²) in [6, 6.07) is 3.78. The lowest BCUT2D eigenvalue weighted by Crippen LogP contribution is -2.21. The van der Waals surface area contributed by atoms with Crippen LogP contribution in [0.4, 0.5) is 13.2 Å². The van der Waals surface area contributed by atoms with Crippen LogP contribution < -0.4 is 0 Å². The normalized spacial score (nSPS) is 13.9. The standard InChI is InChI=1S/C12H10F3N/c1-3-6-12(2,7-16)8-4-5-9(13)11(15)10(8)14/h3-5H,1,6H2,2H3. The van der Waals surface area contributed by atoms with E-state index in [0.717, 1.165) is 12.1 Å². The Morgan fingerprint density at radius 2 is 2.00 bits per heavy atom. The van der Waals surface area contributed by atoms with Gasteiger partial charge in [-0.2, -0.15) is 5.26 Å². The molecule has 0 aromatic heterocycles. The van der Waals surface area contributed by atoms with Crippen molar-refractivity contribution in [3.63, 3.8) is 0 Å². The maximum Gasteiger partial charge on any atom is 0.194 e. The zero-order chi connectivity index (χ0) is 12.3. The summed E-state index contributed by atoms with van der Waals surface area (Å²) in [7, 11) is 0. The number of nitriles is 1. The van der Waals surface area contributed by atoms with Gasteiger partial charge in [0.1, 0.15) is 0 Å². The van der Waals surface area contributed by atoms with Gasteiger partial charge in [-0.1, -0.05) is 12.1 Å². The number of allylic oxidation sites excluding steroid dienone is 1. The minimum Gasteiger partial charge on any atom is -0.204 e. The summed E-state index contributed by atoms with van der Waals surface area (Å²) in [6.45, 7) is 4.90. The minimum atomic E-state index is -1.55. The van der Waals surface area contributed by atoms with Crippen molar-refractivity contribution in [1.82, 2.24) is 0 Å². The molecule has 1 aromatic carbocycles. The molecule has 1 nitrogen and oxygen atoms in total. The van der Waals surface area contributed by atoms with E-state index in [1.807, 2.05) is 6.07 Å². The Bertz CT molecular complexity index is 462. The molecular formula is C12H10F3N. The van der Waals surface area contributed by atoms with Crippen molar-refractivity contribution in [2.45, 2.75) is 18.8 Å². The van der Waals surface area contributed by atoms with E-state index in [1.54, 1.807) is 0 Å². The van der Waals surface area contributed by atoms with Gasteiger partial charge in [0.25, 0.3) is 0 Å². The molecule has 84 valence electrons. The van der Waals surface area contributed by atoms with Gasteiger partial charge in [0.05, 0.1) is 11.5 Å². The molecule has 1 aromatic rings. The van der Waals surface area contributed by atoms with Gasteiger partial charge in [0.2, 0.25) is 0 Å². The third-order valence-electron chi connectivity index (χ3n) is 2.43. The van der Waals surface area contributed by atoms with Crippen molar-refractivity contribution in [2.24, 2.45) is 0 Å². The number of nitrogens with zero attached hydrogens (tertiary/aromatic N) is 1. The van der Waals surface area contributed by atoms with E-state index in [2.05, 4.69) is 6.58 Å². The second-order valence-corrected chi connectivity index (χ2v) is 3.66. The summed E-state index contributed by atoms with van der Waals surface area (Å²) < 4.78 is 39.2. The van der Waals surface area contributed by atoms with E-state index in [9.17, 15) is 13.2 Å². The summed E-state index contributed by atoms with van der Waals surface area (Å²) in [5, 5.41) is 8.97. The quantitative estimate of drug-likeness (QED) is 0.570. The molecule has 0 spiro atoms. The van der Waals surface area contributed by atoms with Crippen LogP contribution in [-0.2, 0) is 5.41 Å². The van der Waals surface area contributed by atoms with Crippen LogP contribution in [0.1, 0.15) is 18.9 Å². The first-order chi connectivity index (χ1) is 7.46. The Kier molecular flexibility index (Phi) is 3.38. The minimum absolute atomic E-state index is 0.158. The molecular weight excluding hydrogens is 215 g/mol. The summed E-state index contributed by atoms with van der Waals surface area (Å²) >= 11 is 0. The third-order valence-corrected chi connectivity index (χ3v) is 2.43. The highest BCUT2D eigenvalue weighted by Crippen LogP contribution is 2.31. The molecule has 4 heteroatoms. The van der Waals surface area contributed by atoms with Gasteiger partial charge < -0.3 is 0 Å². The molecule has 16 heavy (non-hydrogen) atoms. The molecule has 0 amide bonds. The Morgan fingerprint density at radius 3 is 2.50 bits per heavy atom. The Hall–Kier alpha value is -1.76. The number of halogens is 3. The fraction of sp³-hybridized carbons (Fsp3) is 0.250. The largest absolute Gasteiger partial charge is 0.204 e. The summed E-state index contributed by atoms with van der Waals surface area (Å²) in [4.78, 5) is 0.